The second-order valence-electron chi connectivity index (χ2n) is 9.15. The number of ether oxygens (including phenoxy) is 1. The van der Waals surface area contributed by atoms with Crippen molar-refractivity contribution in [1.82, 2.24) is 9.97 Å². The van der Waals surface area contributed by atoms with Gasteiger partial charge in [0.15, 0.2) is 0 Å². The maximum atomic E-state index is 9.19. The van der Waals surface area contributed by atoms with Gasteiger partial charge in [0.25, 0.3) is 6.26 Å². The molecule has 32 heavy (non-hydrogen) atoms. The first-order valence-electron chi connectivity index (χ1n) is 11.1. The zero-order valence-corrected chi connectivity index (χ0v) is 19.7. The number of aliphatic imine (C=N–C) groups is 1. The summed E-state index contributed by atoms with van der Waals surface area (Å²) < 4.78 is 5.35. The summed E-state index contributed by atoms with van der Waals surface area (Å²) in [5, 5.41) is 11.4. The van der Waals surface area contributed by atoms with Crippen LogP contribution in [0.2, 0.25) is 0 Å². The average Bonchev–Trinajstić information content (AvgIpc) is 3.37. The Morgan fingerprint density at radius 1 is 1.00 bits per heavy atom. The maximum Gasteiger partial charge on any atom is 0.291 e. The molecule has 5 nitrogen and oxygen atoms in total. The van der Waals surface area contributed by atoms with Crippen LogP contribution in [0, 0.1) is 31.3 Å². The third kappa shape index (κ3) is 4.27. The number of aromatic nitrogens is 2. The van der Waals surface area contributed by atoms with Crippen molar-refractivity contribution >= 4 is 29.0 Å². The predicted octanol–water partition coefficient (Wildman–Crippen LogP) is 5.01. The van der Waals surface area contributed by atoms with Gasteiger partial charge in [-0.1, -0.05) is 6.92 Å². The van der Waals surface area contributed by atoms with Gasteiger partial charge < -0.3 is 14.7 Å². The molecule has 164 valence electrons. The maximum absolute atomic E-state index is 9.19. The summed E-state index contributed by atoms with van der Waals surface area (Å²) in [7, 11) is 0. The van der Waals surface area contributed by atoms with Crippen LogP contribution in [0.3, 0.4) is 0 Å². The Labute approximate surface area is 189 Å². The fourth-order valence-corrected chi connectivity index (χ4v) is 4.83. The van der Waals surface area contributed by atoms with E-state index in [0.717, 1.165) is 51.3 Å². The number of hydrogen-bond donors (Lipinski definition) is 2. The SMILES string of the molecule is CC1=CC2=NC/1=C(/C)c1[nH]c(cc1C)/C=C(\OC#N)CC(C)C/C(C)=c1\[nH]/c(cc1C)=C\2. The molecule has 1 unspecified atom stereocenters. The molecule has 0 aromatic carbocycles. The molecule has 4 heterocycles. The van der Waals surface area contributed by atoms with Crippen molar-refractivity contribution in [2.75, 3.05) is 0 Å². The van der Waals surface area contributed by atoms with Crippen LogP contribution < -0.4 is 10.7 Å². The molecule has 1 atom stereocenters. The van der Waals surface area contributed by atoms with E-state index in [1.807, 2.05) is 12.3 Å². The van der Waals surface area contributed by atoms with Crippen molar-refractivity contribution < 1.29 is 4.74 Å². The molecular weight excluding hydrogens is 396 g/mol. The van der Waals surface area contributed by atoms with Crippen LogP contribution in [0.1, 0.15) is 63.1 Å². The Morgan fingerprint density at radius 3 is 2.53 bits per heavy atom. The number of aryl methyl sites for hydroxylation is 2. The minimum Gasteiger partial charge on any atom is -0.392 e. The Hall–Kier alpha value is -3.52. The molecule has 0 amide bonds. The lowest BCUT2D eigenvalue weighted by Gasteiger charge is -2.12. The summed E-state index contributed by atoms with van der Waals surface area (Å²) in [5.74, 6) is 0.996. The van der Waals surface area contributed by atoms with E-state index in [2.05, 4.69) is 75.8 Å². The molecule has 2 aliphatic heterocycles. The van der Waals surface area contributed by atoms with Crippen LogP contribution in [-0.4, -0.2) is 15.7 Å². The molecule has 0 radical (unpaired) electrons. The van der Waals surface area contributed by atoms with Crippen LogP contribution in [-0.2, 0) is 4.74 Å². The molecule has 2 aromatic heterocycles. The third-order valence-electron chi connectivity index (χ3n) is 6.21. The smallest absolute Gasteiger partial charge is 0.291 e. The second-order valence-corrected chi connectivity index (χ2v) is 9.15. The number of nitrogens with one attached hydrogen (secondary N) is 2. The molecule has 2 aromatic rings. The van der Waals surface area contributed by atoms with E-state index >= 15 is 0 Å². The Kier molecular flexibility index (Phi) is 5.80. The summed E-state index contributed by atoms with van der Waals surface area (Å²) in [6, 6.07) is 4.28. The molecule has 0 fully saturated rings. The van der Waals surface area contributed by atoms with Crippen LogP contribution in [0.25, 0.3) is 23.3 Å². The first-order chi connectivity index (χ1) is 15.2. The largest absolute Gasteiger partial charge is 0.392 e. The highest BCUT2D eigenvalue weighted by Crippen LogP contribution is 2.31. The molecule has 4 rings (SSSR count). The van der Waals surface area contributed by atoms with Gasteiger partial charge in [-0.3, -0.25) is 0 Å². The molecule has 0 spiro atoms. The van der Waals surface area contributed by atoms with Gasteiger partial charge in [0.1, 0.15) is 5.76 Å². The highest BCUT2D eigenvalue weighted by atomic mass is 16.5. The van der Waals surface area contributed by atoms with Gasteiger partial charge in [-0.25, -0.2) is 4.99 Å². The molecule has 0 aliphatic carbocycles. The molecule has 0 saturated carbocycles. The average molecular weight is 427 g/mol. The Morgan fingerprint density at radius 2 is 1.78 bits per heavy atom. The fraction of sp³-hybridized carbons (Fsp3) is 0.333. The van der Waals surface area contributed by atoms with Crippen molar-refractivity contribution in [1.29, 1.82) is 5.26 Å². The van der Waals surface area contributed by atoms with E-state index in [-0.39, 0.29) is 0 Å². The van der Waals surface area contributed by atoms with Crippen molar-refractivity contribution in [3.8, 4) is 6.26 Å². The summed E-state index contributed by atoms with van der Waals surface area (Å²) in [6.45, 7) is 12.8. The van der Waals surface area contributed by atoms with E-state index in [4.69, 9.17) is 9.73 Å². The second kappa shape index (κ2) is 8.55. The number of nitrogens with zero attached hydrogens (tertiary/aromatic N) is 2. The van der Waals surface area contributed by atoms with E-state index in [1.165, 1.54) is 16.5 Å². The van der Waals surface area contributed by atoms with Crippen molar-refractivity contribution in [3.05, 3.63) is 68.5 Å². The number of allylic oxidation sites excluding steroid dienone is 4. The fourth-order valence-electron chi connectivity index (χ4n) is 4.83. The number of aromatic amines is 2. The minimum absolute atomic E-state index is 0.325. The van der Waals surface area contributed by atoms with Gasteiger partial charge in [0.05, 0.1) is 11.4 Å². The van der Waals surface area contributed by atoms with Crippen LogP contribution in [0.5, 0.6) is 0 Å². The highest BCUT2D eigenvalue weighted by Gasteiger charge is 2.17. The highest BCUT2D eigenvalue weighted by molar-refractivity contribution is 6.20. The predicted molar refractivity (Wildman–Crippen MR) is 131 cm³/mol. The lowest BCUT2D eigenvalue weighted by atomic mass is 9.97. The molecular formula is C27H30N4O. The zero-order valence-electron chi connectivity index (χ0n) is 19.7. The molecule has 2 N–H and O–H groups in total. The summed E-state index contributed by atoms with van der Waals surface area (Å²) in [5.41, 5.74) is 9.85. The van der Waals surface area contributed by atoms with Gasteiger partial charge in [0, 0.05) is 34.6 Å². The molecule has 5 heteroatoms. The third-order valence-corrected chi connectivity index (χ3v) is 6.21. The quantitative estimate of drug-likeness (QED) is 0.629. The van der Waals surface area contributed by atoms with Gasteiger partial charge in [-0.05, 0) is 99.1 Å². The molecule has 6 bridgehead atoms. The van der Waals surface area contributed by atoms with Gasteiger partial charge in [-0.2, -0.15) is 0 Å². The van der Waals surface area contributed by atoms with Crippen LogP contribution >= 0.6 is 0 Å². The lowest BCUT2D eigenvalue weighted by Crippen LogP contribution is -2.15. The van der Waals surface area contributed by atoms with Crippen LogP contribution in [0.15, 0.2) is 40.2 Å². The number of fused-ring (bicyclic) bond motifs is 5. The van der Waals surface area contributed by atoms with Gasteiger partial charge in [0.2, 0.25) is 0 Å². The zero-order chi connectivity index (χ0) is 23.0. The standard InChI is InChI=1S/C27H30N4O/c1-15-7-16(2)25-17(3)9-21(29-25)12-22-10-18(4)26(30-22)20(6)27-19(5)11-23(31-27)13-24(8-15)32-14-28/h9-13,15,29,31H,7-8H2,1-6H3/b21-12-,24-13-,25-16-,26-20-. The number of rotatable bonds is 1. The molecule has 0 saturated heterocycles. The first-order valence-corrected chi connectivity index (χ1v) is 11.1. The Bertz CT molecular complexity index is 1370. The topological polar surface area (TPSA) is 77.0 Å². The lowest BCUT2D eigenvalue weighted by molar-refractivity contribution is 0.337. The van der Waals surface area contributed by atoms with Crippen molar-refractivity contribution in [3.63, 3.8) is 0 Å². The first kappa shape index (κ1) is 21.7. The minimum atomic E-state index is 0.325. The number of nitriles is 1. The van der Waals surface area contributed by atoms with Crippen molar-refractivity contribution in [2.45, 2.75) is 54.4 Å². The summed E-state index contributed by atoms with van der Waals surface area (Å²) in [4.78, 5) is 12.0. The van der Waals surface area contributed by atoms with Gasteiger partial charge in [-0.15, -0.1) is 5.26 Å². The molecule has 2 aliphatic rings. The van der Waals surface area contributed by atoms with Crippen LogP contribution in [0.4, 0.5) is 0 Å². The summed E-state index contributed by atoms with van der Waals surface area (Å²) >= 11 is 0. The van der Waals surface area contributed by atoms with E-state index in [1.54, 1.807) is 0 Å². The van der Waals surface area contributed by atoms with E-state index < -0.39 is 0 Å². The van der Waals surface area contributed by atoms with Crippen molar-refractivity contribution in [2.24, 2.45) is 10.9 Å². The number of H-pyrrole nitrogens is 2. The van der Waals surface area contributed by atoms with Gasteiger partial charge >= 0.3 is 0 Å². The Balaban J connectivity index is 1.94. The van der Waals surface area contributed by atoms with E-state index in [9.17, 15) is 5.26 Å². The monoisotopic (exact) mass is 426 g/mol. The van der Waals surface area contributed by atoms with E-state index in [0.29, 0.717) is 18.1 Å². The summed E-state index contributed by atoms with van der Waals surface area (Å²) in [6.07, 6.45) is 9.64. The number of hydrogen-bond acceptors (Lipinski definition) is 3. The normalized spacial score (nSPS) is 25.6.